The summed E-state index contributed by atoms with van der Waals surface area (Å²) in [6.07, 6.45) is 0.686. The molecule has 4 rings (SSSR count). The molecule has 4 aromatic rings. The number of ketones is 1. The summed E-state index contributed by atoms with van der Waals surface area (Å²) in [5.74, 6) is 0.740. The largest absolute Gasteiger partial charge is 0.385 e. The van der Waals surface area contributed by atoms with Crippen molar-refractivity contribution in [3.63, 3.8) is 0 Å². The van der Waals surface area contributed by atoms with Gasteiger partial charge in [-0.25, -0.2) is 0 Å². The van der Waals surface area contributed by atoms with Crippen LogP contribution in [0.4, 0.5) is 0 Å². The molecule has 2 aromatic heterocycles. The lowest BCUT2D eigenvalue weighted by Gasteiger charge is -2.11. The molecule has 0 bridgehead atoms. The lowest BCUT2D eigenvalue weighted by Crippen LogP contribution is -2.24. The molecule has 0 aliphatic heterocycles. The second-order valence-electron chi connectivity index (χ2n) is 7.45. The average molecular weight is 437 g/mol. The summed E-state index contributed by atoms with van der Waals surface area (Å²) in [5, 5.41) is 9.77. The van der Waals surface area contributed by atoms with Crippen LogP contribution in [0.5, 0.6) is 0 Å². The van der Waals surface area contributed by atoms with Crippen LogP contribution < -0.4 is 5.56 Å². The average Bonchev–Trinajstić information content (AvgIpc) is 3.20. The van der Waals surface area contributed by atoms with Crippen molar-refractivity contribution in [2.24, 2.45) is 0 Å². The van der Waals surface area contributed by atoms with Crippen molar-refractivity contribution in [1.82, 2.24) is 19.2 Å². The van der Waals surface area contributed by atoms with E-state index in [0.717, 1.165) is 16.6 Å². The predicted octanol–water partition coefficient (Wildman–Crippen LogP) is 3.67. The summed E-state index contributed by atoms with van der Waals surface area (Å²) in [5.41, 5.74) is 3.57. The van der Waals surface area contributed by atoms with E-state index in [-0.39, 0.29) is 17.1 Å². The van der Waals surface area contributed by atoms with Crippen LogP contribution in [0, 0.1) is 13.8 Å². The third kappa shape index (κ3) is 4.13. The molecule has 7 nitrogen and oxygen atoms in total. The van der Waals surface area contributed by atoms with Gasteiger partial charge < -0.3 is 4.74 Å². The van der Waals surface area contributed by atoms with E-state index >= 15 is 0 Å². The number of hydrogen-bond donors (Lipinski definition) is 0. The van der Waals surface area contributed by atoms with E-state index in [1.54, 1.807) is 17.7 Å². The molecule has 0 spiro atoms. The molecule has 0 aliphatic carbocycles. The maximum absolute atomic E-state index is 13.0. The molecule has 0 atom stereocenters. The Balaban J connectivity index is 1.71. The highest BCUT2D eigenvalue weighted by Gasteiger charge is 2.18. The molecule has 0 N–H and O–H groups in total. The molecule has 0 saturated carbocycles. The van der Waals surface area contributed by atoms with Gasteiger partial charge in [0, 0.05) is 25.8 Å². The minimum atomic E-state index is -0.102. The molecule has 0 fully saturated rings. The van der Waals surface area contributed by atoms with Gasteiger partial charge in [0.2, 0.25) is 5.78 Å². The SMILES string of the molecule is COCCCn1c(=O)c2ccccc2n2c(SCC(=O)c3ccc(C)c(C)c3)nnc12. The number of fused-ring (bicyclic) bond motifs is 3. The van der Waals surface area contributed by atoms with Gasteiger partial charge in [0.25, 0.3) is 5.56 Å². The fourth-order valence-corrected chi connectivity index (χ4v) is 4.36. The molecule has 31 heavy (non-hydrogen) atoms. The summed E-state index contributed by atoms with van der Waals surface area (Å²) in [6.45, 7) is 5.05. The summed E-state index contributed by atoms with van der Waals surface area (Å²) >= 11 is 1.33. The number of methoxy groups -OCH3 is 1. The Morgan fingerprint density at radius 3 is 2.68 bits per heavy atom. The lowest BCUT2D eigenvalue weighted by molar-refractivity contribution is 0.102. The van der Waals surface area contributed by atoms with E-state index in [9.17, 15) is 9.59 Å². The van der Waals surface area contributed by atoms with Crippen LogP contribution in [0.25, 0.3) is 16.7 Å². The Labute approximate surface area is 184 Å². The molecule has 0 saturated heterocycles. The smallest absolute Gasteiger partial charge is 0.262 e. The molecule has 0 unspecified atom stereocenters. The Bertz CT molecular complexity index is 1330. The Kier molecular flexibility index (Phi) is 6.20. The van der Waals surface area contributed by atoms with Crippen molar-refractivity contribution in [2.75, 3.05) is 19.5 Å². The van der Waals surface area contributed by atoms with Crippen LogP contribution in [0.1, 0.15) is 27.9 Å². The van der Waals surface area contributed by atoms with Crippen LogP contribution in [0.2, 0.25) is 0 Å². The standard InChI is InChI=1S/C23H24N4O3S/c1-15-9-10-17(13-16(15)2)20(28)14-31-23-25-24-22-26(11-6-12-30-3)21(29)18-7-4-5-8-19(18)27(22)23/h4-5,7-10,13H,6,11-12,14H2,1-3H3. The predicted molar refractivity (Wildman–Crippen MR) is 122 cm³/mol. The quantitative estimate of drug-likeness (QED) is 0.238. The summed E-state index contributed by atoms with van der Waals surface area (Å²) in [7, 11) is 1.64. The molecule has 2 aromatic carbocycles. The number of carbonyl (C=O) groups excluding carboxylic acids is 1. The highest BCUT2D eigenvalue weighted by Crippen LogP contribution is 2.23. The first-order valence-electron chi connectivity index (χ1n) is 10.1. The number of carbonyl (C=O) groups is 1. The zero-order chi connectivity index (χ0) is 22.0. The molecule has 0 radical (unpaired) electrons. The maximum Gasteiger partial charge on any atom is 0.262 e. The van der Waals surface area contributed by atoms with Crippen molar-refractivity contribution in [2.45, 2.75) is 32.0 Å². The van der Waals surface area contributed by atoms with Crippen LogP contribution in [0.15, 0.2) is 52.4 Å². The van der Waals surface area contributed by atoms with Gasteiger partial charge in [-0.2, -0.15) is 0 Å². The minimum absolute atomic E-state index is 0.0302. The summed E-state index contributed by atoms with van der Waals surface area (Å²) < 4.78 is 8.62. The molecule has 2 heterocycles. The van der Waals surface area contributed by atoms with E-state index in [1.807, 2.05) is 54.6 Å². The van der Waals surface area contributed by atoms with Crippen molar-refractivity contribution >= 4 is 34.2 Å². The van der Waals surface area contributed by atoms with Crippen LogP contribution in [-0.4, -0.2) is 44.4 Å². The number of para-hydroxylation sites is 1. The van der Waals surface area contributed by atoms with E-state index in [4.69, 9.17) is 4.74 Å². The Morgan fingerprint density at radius 1 is 1.10 bits per heavy atom. The minimum Gasteiger partial charge on any atom is -0.385 e. The van der Waals surface area contributed by atoms with Gasteiger partial charge in [-0.05, 0) is 49.6 Å². The highest BCUT2D eigenvalue weighted by molar-refractivity contribution is 7.99. The van der Waals surface area contributed by atoms with Gasteiger partial charge in [-0.3, -0.25) is 18.6 Å². The van der Waals surface area contributed by atoms with Gasteiger partial charge in [0.15, 0.2) is 10.9 Å². The molecule has 8 heteroatoms. The number of ether oxygens (including phenoxy) is 1. The lowest BCUT2D eigenvalue weighted by atomic mass is 10.0. The van der Waals surface area contributed by atoms with E-state index < -0.39 is 0 Å². The second kappa shape index (κ2) is 9.03. The maximum atomic E-state index is 13.0. The molecule has 160 valence electrons. The van der Waals surface area contributed by atoms with Crippen LogP contribution >= 0.6 is 11.8 Å². The normalized spacial score (nSPS) is 11.5. The first-order valence-corrected chi connectivity index (χ1v) is 11.1. The van der Waals surface area contributed by atoms with Gasteiger partial charge >= 0.3 is 0 Å². The molecular weight excluding hydrogens is 412 g/mol. The third-order valence-electron chi connectivity index (χ3n) is 5.37. The number of hydrogen-bond acceptors (Lipinski definition) is 6. The number of thioether (sulfide) groups is 1. The van der Waals surface area contributed by atoms with Crippen LogP contribution in [0.3, 0.4) is 0 Å². The first kappa shape index (κ1) is 21.3. The Morgan fingerprint density at radius 2 is 1.90 bits per heavy atom. The summed E-state index contributed by atoms with van der Waals surface area (Å²) in [6, 6.07) is 13.1. The van der Waals surface area contributed by atoms with Crippen LogP contribution in [-0.2, 0) is 11.3 Å². The fraction of sp³-hybridized carbons (Fsp3) is 0.304. The molecule has 0 aliphatic rings. The first-order chi connectivity index (χ1) is 15.0. The third-order valence-corrected chi connectivity index (χ3v) is 6.30. The van der Waals surface area contributed by atoms with Crippen molar-refractivity contribution in [1.29, 1.82) is 0 Å². The van der Waals surface area contributed by atoms with Gasteiger partial charge in [-0.15, -0.1) is 10.2 Å². The monoisotopic (exact) mass is 436 g/mol. The van der Waals surface area contributed by atoms with Crippen molar-refractivity contribution in [3.05, 3.63) is 69.5 Å². The highest BCUT2D eigenvalue weighted by atomic mass is 32.2. The molecular formula is C23H24N4O3S. The van der Waals surface area contributed by atoms with Gasteiger partial charge in [0.05, 0.1) is 16.7 Å². The van der Waals surface area contributed by atoms with Crippen molar-refractivity contribution < 1.29 is 9.53 Å². The van der Waals surface area contributed by atoms with E-state index in [2.05, 4.69) is 10.2 Å². The zero-order valence-electron chi connectivity index (χ0n) is 17.8. The summed E-state index contributed by atoms with van der Waals surface area (Å²) in [4.78, 5) is 25.8. The number of nitrogens with zero attached hydrogens (tertiary/aromatic N) is 4. The molecule has 0 amide bonds. The van der Waals surface area contributed by atoms with Gasteiger partial charge in [0.1, 0.15) is 0 Å². The number of benzene rings is 2. The van der Waals surface area contributed by atoms with Crippen molar-refractivity contribution in [3.8, 4) is 0 Å². The number of aromatic nitrogens is 4. The fourth-order valence-electron chi connectivity index (χ4n) is 3.52. The van der Waals surface area contributed by atoms with E-state index in [1.165, 1.54) is 11.8 Å². The van der Waals surface area contributed by atoms with Gasteiger partial charge in [-0.1, -0.05) is 36.0 Å². The second-order valence-corrected chi connectivity index (χ2v) is 8.39. The topological polar surface area (TPSA) is 78.5 Å². The number of Topliss-reactive ketones (excluding diaryl/α,β-unsaturated/α-hetero) is 1. The Hall–Kier alpha value is -2.97. The number of rotatable bonds is 8. The zero-order valence-corrected chi connectivity index (χ0v) is 18.6. The van der Waals surface area contributed by atoms with E-state index in [0.29, 0.717) is 41.5 Å². The number of aryl methyl sites for hydroxylation is 3.